The summed E-state index contributed by atoms with van der Waals surface area (Å²) < 4.78 is 25.8. The van der Waals surface area contributed by atoms with Crippen LogP contribution in [0.2, 0.25) is 0 Å². The molecule has 13 heteroatoms. The highest BCUT2D eigenvalue weighted by Gasteiger charge is 2.31. The summed E-state index contributed by atoms with van der Waals surface area (Å²) in [6.45, 7) is -0.568. The maximum atomic E-state index is 13.0. The molecule has 0 bridgehead atoms. The topological polar surface area (TPSA) is 173 Å². The molecule has 0 aliphatic heterocycles. The molecule has 4 rings (SSSR count). The second-order valence-corrected chi connectivity index (χ2v) is 11.0. The van der Waals surface area contributed by atoms with Crippen molar-refractivity contribution < 1.29 is 52.5 Å². The van der Waals surface area contributed by atoms with E-state index in [1.165, 1.54) is 0 Å². The highest BCUT2D eigenvalue weighted by molar-refractivity contribution is 5.93. The Morgan fingerprint density at radius 2 is 0.686 bits per heavy atom. The van der Waals surface area contributed by atoms with Gasteiger partial charge in [-0.05, 0) is 22.3 Å². The molecule has 2 amide bonds. The Hall–Kier alpha value is -6.50. The molecule has 0 heterocycles. The molecule has 4 aromatic carbocycles. The number of hydrogen-bond acceptors (Lipinski definition) is 11. The van der Waals surface area contributed by atoms with Crippen LogP contribution in [0.5, 0.6) is 0 Å². The Balaban J connectivity index is 1.37. The van der Waals surface area contributed by atoms with Gasteiger partial charge in [0.2, 0.25) is 0 Å². The minimum atomic E-state index is -1.60. The molecule has 2 N–H and O–H groups in total. The third kappa shape index (κ3) is 13.9. The Labute approximate surface area is 293 Å². The summed E-state index contributed by atoms with van der Waals surface area (Å²) in [6, 6.07) is 31.7. The number of nitrogens with one attached hydrogen (secondary N) is 2. The molecule has 0 aliphatic carbocycles. The minimum absolute atomic E-state index is 0.121. The van der Waals surface area contributed by atoms with E-state index in [9.17, 15) is 28.8 Å². The highest BCUT2D eigenvalue weighted by Crippen LogP contribution is 2.10. The zero-order valence-corrected chi connectivity index (χ0v) is 27.4. The summed E-state index contributed by atoms with van der Waals surface area (Å²) in [7, 11) is 0. The van der Waals surface area contributed by atoms with Crippen molar-refractivity contribution >= 4 is 36.1 Å². The van der Waals surface area contributed by atoms with Crippen molar-refractivity contribution in [1.82, 2.24) is 10.6 Å². The number of esters is 4. The van der Waals surface area contributed by atoms with Crippen molar-refractivity contribution in [2.24, 2.45) is 0 Å². The maximum Gasteiger partial charge on any atom is 0.408 e. The van der Waals surface area contributed by atoms with E-state index in [-0.39, 0.29) is 26.4 Å². The summed E-state index contributed by atoms with van der Waals surface area (Å²) in [6.07, 6.45) is -3.71. The van der Waals surface area contributed by atoms with Crippen molar-refractivity contribution in [3.8, 4) is 0 Å². The molecule has 0 unspecified atom stereocenters. The number of benzene rings is 4. The van der Waals surface area contributed by atoms with E-state index in [4.69, 9.17) is 23.7 Å². The van der Waals surface area contributed by atoms with Gasteiger partial charge in [-0.15, -0.1) is 0 Å². The van der Waals surface area contributed by atoms with Gasteiger partial charge in [-0.1, -0.05) is 121 Å². The fraction of sp³-hybridized carbons (Fsp3) is 0.211. The smallest absolute Gasteiger partial charge is 0.408 e. The van der Waals surface area contributed by atoms with Gasteiger partial charge in [0.15, 0.2) is 0 Å². The molecule has 51 heavy (non-hydrogen) atoms. The minimum Gasteiger partial charge on any atom is -0.459 e. The van der Waals surface area contributed by atoms with Crippen LogP contribution in [0.25, 0.3) is 0 Å². The molecule has 0 saturated heterocycles. The zero-order chi connectivity index (χ0) is 36.3. The van der Waals surface area contributed by atoms with Gasteiger partial charge >= 0.3 is 36.1 Å². The lowest BCUT2D eigenvalue weighted by atomic mass is 10.2. The molecule has 2 atom stereocenters. The quantitative estimate of drug-likeness (QED) is 0.0926. The van der Waals surface area contributed by atoms with Crippen LogP contribution in [-0.2, 0) is 69.3 Å². The molecular formula is C38H36N2O11. The van der Waals surface area contributed by atoms with Gasteiger partial charge in [0, 0.05) is 0 Å². The first kappa shape index (κ1) is 37.3. The first-order valence-electron chi connectivity index (χ1n) is 15.8. The van der Waals surface area contributed by atoms with Crippen molar-refractivity contribution in [2.45, 2.75) is 51.4 Å². The molecule has 264 valence electrons. The molecule has 0 aromatic heterocycles. The van der Waals surface area contributed by atoms with Crippen molar-refractivity contribution in [3.63, 3.8) is 0 Å². The first-order chi connectivity index (χ1) is 24.7. The molecular weight excluding hydrogens is 660 g/mol. The number of amides is 2. The van der Waals surface area contributed by atoms with E-state index >= 15 is 0 Å². The normalized spacial score (nSPS) is 11.5. The Kier molecular flexibility index (Phi) is 14.7. The number of carbonyl (C=O) groups excluding carboxylic acids is 6. The molecule has 0 radical (unpaired) electrons. The standard InChI is InChI=1S/C38H36N2O11/c41-33(21-31(35(43)47-23-27-13-5-1-6-14-27)39-37(45)49-25-29-17-9-3-10-18-29)51-34(42)22-32(36(44)48-24-28-15-7-2-8-16-28)40-38(46)50-26-30-19-11-4-12-20-30/h1-20,31-32H,21-26H2,(H,39,45)(H,40,46)/t31-,32-/m0/s1. The fourth-order valence-corrected chi connectivity index (χ4v) is 4.40. The van der Waals surface area contributed by atoms with Gasteiger partial charge in [-0.3, -0.25) is 9.59 Å². The van der Waals surface area contributed by atoms with Gasteiger partial charge in [-0.25, -0.2) is 19.2 Å². The maximum absolute atomic E-state index is 13.0. The van der Waals surface area contributed by atoms with Gasteiger partial charge < -0.3 is 34.3 Å². The number of alkyl carbamates (subject to hydrolysis) is 2. The first-order valence-corrected chi connectivity index (χ1v) is 15.8. The lowest BCUT2D eigenvalue weighted by molar-refractivity contribution is -0.164. The van der Waals surface area contributed by atoms with E-state index in [0.717, 1.165) is 0 Å². The summed E-state index contributed by atoms with van der Waals surface area (Å²) in [5, 5.41) is 4.55. The molecule has 0 spiro atoms. The van der Waals surface area contributed by atoms with Crippen LogP contribution in [0.3, 0.4) is 0 Å². The number of hydrogen-bond donors (Lipinski definition) is 2. The Bertz CT molecular complexity index is 1610. The van der Waals surface area contributed by atoms with Crippen LogP contribution in [0.1, 0.15) is 35.1 Å². The van der Waals surface area contributed by atoms with E-state index in [1.807, 2.05) is 0 Å². The van der Waals surface area contributed by atoms with E-state index in [0.29, 0.717) is 22.3 Å². The average molecular weight is 697 g/mol. The summed E-state index contributed by atoms with van der Waals surface area (Å²) in [4.78, 5) is 76.9. The van der Waals surface area contributed by atoms with Crippen LogP contribution >= 0.6 is 0 Å². The van der Waals surface area contributed by atoms with Crippen LogP contribution in [0.4, 0.5) is 9.59 Å². The largest absolute Gasteiger partial charge is 0.459 e. The van der Waals surface area contributed by atoms with Crippen LogP contribution in [0.15, 0.2) is 121 Å². The fourth-order valence-electron chi connectivity index (χ4n) is 4.40. The number of carbonyl (C=O) groups is 6. The van der Waals surface area contributed by atoms with Crippen LogP contribution in [-0.4, -0.2) is 48.1 Å². The van der Waals surface area contributed by atoms with Crippen molar-refractivity contribution in [2.75, 3.05) is 0 Å². The molecule has 4 aromatic rings. The predicted molar refractivity (Wildman–Crippen MR) is 180 cm³/mol. The summed E-state index contributed by atoms with van der Waals surface area (Å²) in [5.74, 6) is -4.45. The van der Waals surface area contributed by atoms with Gasteiger partial charge in [0.05, 0.1) is 12.8 Å². The van der Waals surface area contributed by atoms with Crippen molar-refractivity contribution in [1.29, 1.82) is 0 Å². The lowest BCUT2D eigenvalue weighted by Crippen LogP contribution is -2.45. The van der Waals surface area contributed by atoms with E-state index in [1.54, 1.807) is 121 Å². The lowest BCUT2D eigenvalue weighted by Gasteiger charge is -2.18. The van der Waals surface area contributed by atoms with Crippen LogP contribution in [0, 0.1) is 0 Å². The number of ether oxygens (including phenoxy) is 5. The van der Waals surface area contributed by atoms with E-state index in [2.05, 4.69) is 10.6 Å². The molecule has 0 saturated carbocycles. The second-order valence-electron chi connectivity index (χ2n) is 11.0. The highest BCUT2D eigenvalue weighted by atomic mass is 16.6. The summed E-state index contributed by atoms with van der Waals surface area (Å²) in [5.41, 5.74) is 2.65. The average Bonchev–Trinajstić information content (AvgIpc) is 3.15. The number of rotatable bonds is 16. The van der Waals surface area contributed by atoms with E-state index < -0.39 is 61.0 Å². The molecule has 13 nitrogen and oxygen atoms in total. The Morgan fingerprint density at radius 3 is 0.980 bits per heavy atom. The molecule has 0 aliphatic rings. The monoisotopic (exact) mass is 696 g/mol. The zero-order valence-electron chi connectivity index (χ0n) is 27.4. The van der Waals surface area contributed by atoms with Crippen molar-refractivity contribution in [3.05, 3.63) is 144 Å². The third-order valence-corrected chi connectivity index (χ3v) is 7.00. The third-order valence-electron chi connectivity index (χ3n) is 7.00. The SMILES string of the molecule is O=C(C[C@H](NC(=O)OCc1ccccc1)C(=O)OCc1ccccc1)OC(=O)C[C@H](NC(=O)OCc1ccccc1)C(=O)OCc1ccccc1. The second kappa shape index (κ2) is 20.1. The molecule has 0 fully saturated rings. The Morgan fingerprint density at radius 1 is 0.412 bits per heavy atom. The van der Waals surface area contributed by atoms with Gasteiger partial charge in [0.1, 0.15) is 38.5 Å². The predicted octanol–water partition coefficient (Wildman–Crippen LogP) is 4.91. The van der Waals surface area contributed by atoms with Gasteiger partial charge in [-0.2, -0.15) is 0 Å². The summed E-state index contributed by atoms with van der Waals surface area (Å²) >= 11 is 0. The van der Waals surface area contributed by atoms with Crippen LogP contribution < -0.4 is 10.6 Å². The van der Waals surface area contributed by atoms with Gasteiger partial charge in [0.25, 0.3) is 0 Å².